The number of ether oxygens (including phenoxy) is 1. The highest BCUT2D eigenvalue weighted by Crippen LogP contribution is 2.24. The number of amides is 1. The third kappa shape index (κ3) is 4.95. The highest BCUT2D eigenvalue weighted by Gasteiger charge is 2.20. The number of hydrogen-bond acceptors (Lipinski definition) is 4. The molecule has 5 heteroatoms. The third-order valence-electron chi connectivity index (χ3n) is 2.60. The van der Waals surface area contributed by atoms with Crippen LogP contribution in [0.1, 0.15) is 18.1 Å². The number of methoxy groups -OCH3 is 1. The molecule has 0 fully saturated rings. The summed E-state index contributed by atoms with van der Waals surface area (Å²) in [4.78, 5) is 23.7. The normalized spacial score (nSPS) is 11.8. The highest BCUT2D eigenvalue weighted by molar-refractivity contribution is 7.99. The predicted octanol–water partition coefficient (Wildman–Crippen LogP) is 2.07. The van der Waals surface area contributed by atoms with Crippen LogP contribution in [0.15, 0.2) is 23.1 Å². The zero-order valence-electron chi connectivity index (χ0n) is 11.6. The molecule has 0 spiro atoms. The van der Waals surface area contributed by atoms with E-state index in [0.717, 1.165) is 10.5 Å². The zero-order chi connectivity index (χ0) is 14.4. The van der Waals surface area contributed by atoms with Gasteiger partial charge in [0.15, 0.2) is 0 Å². The molecule has 0 aliphatic rings. The summed E-state index contributed by atoms with van der Waals surface area (Å²) in [5, 5.41) is 2.60. The molecular formula is C14H19NO3S. The summed E-state index contributed by atoms with van der Waals surface area (Å²) >= 11 is 1.53. The zero-order valence-corrected chi connectivity index (χ0v) is 12.5. The first kappa shape index (κ1) is 15.6. The molecule has 0 aliphatic heterocycles. The van der Waals surface area contributed by atoms with Crippen molar-refractivity contribution >= 4 is 23.6 Å². The Bertz CT molecular complexity index is 474. The maximum atomic E-state index is 11.6. The lowest BCUT2D eigenvalue weighted by Crippen LogP contribution is -2.42. The van der Waals surface area contributed by atoms with Crippen LogP contribution in [-0.2, 0) is 14.3 Å². The van der Waals surface area contributed by atoms with Gasteiger partial charge in [-0.3, -0.25) is 4.79 Å². The Hall–Kier alpha value is -1.49. The molecule has 1 rings (SSSR count). The minimum atomic E-state index is -0.617. The van der Waals surface area contributed by atoms with Gasteiger partial charge in [-0.2, -0.15) is 0 Å². The van der Waals surface area contributed by atoms with Gasteiger partial charge in [-0.15, -0.1) is 11.8 Å². The van der Waals surface area contributed by atoms with E-state index in [1.54, 1.807) is 0 Å². The number of hydrogen-bond donors (Lipinski definition) is 1. The lowest BCUT2D eigenvalue weighted by atomic mass is 10.2. The standard InChI is InChI=1S/C14H19NO3S/c1-9-5-6-13(10(2)7-9)19-8-12(14(17)18-4)15-11(3)16/h5-7,12H,8H2,1-4H3,(H,15,16). The first-order valence-electron chi connectivity index (χ1n) is 5.99. The van der Waals surface area contributed by atoms with Gasteiger partial charge in [0, 0.05) is 17.6 Å². The maximum absolute atomic E-state index is 11.6. The predicted molar refractivity (Wildman–Crippen MR) is 76.3 cm³/mol. The van der Waals surface area contributed by atoms with Gasteiger partial charge in [0.1, 0.15) is 6.04 Å². The van der Waals surface area contributed by atoms with Crippen LogP contribution in [-0.4, -0.2) is 30.8 Å². The van der Waals surface area contributed by atoms with Gasteiger partial charge in [-0.05, 0) is 25.5 Å². The average molecular weight is 281 g/mol. The van der Waals surface area contributed by atoms with Gasteiger partial charge in [0.05, 0.1) is 7.11 Å². The second-order valence-corrected chi connectivity index (χ2v) is 5.42. The number of carbonyl (C=O) groups excluding carboxylic acids is 2. The second kappa shape index (κ2) is 7.19. The number of aryl methyl sites for hydroxylation is 2. The number of nitrogens with one attached hydrogen (secondary N) is 1. The summed E-state index contributed by atoms with van der Waals surface area (Å²) in [6.07, 6.45) is 0. The van der Waals surface area contributed by atoms with E-state index >= 15 is 0 Å². The van der Waals surface area contributed by atoms with Crippen molar-refractivity contribution in [2.24, 2.45) is 0 Å². The molecule has 4 nitrogen and oxygen atoms in total. The van der Waals surface area contributed by atoms with E-state index in [9.17, 15) is 9.59 Å². The van der Waals surface area contributed by atoms with Gasteiger partial charge in [0.25, 0.3) is 0 Å². The van der Waals surface area contributed by atoms with Crippen LogP contribution < -0.4 is 5.32 Å². The Morgan fingerprint density at radius 2 is 2.05 bits per heavy atom. The summed E-state index contributed by atoms with van der Waals surface area (Å²) < 4.78 is 4.68. The fourth-order valence-corrected chi connectivity index (χ4v) is 2.71. The van der Waals surface area contributed by atoms with E-state index in [0.29, 0.717) is 5.75 Å². The van der Waals surface area contributed by atoms with Gasteiger partial charge in [-0.25, -0.2) is 4.79 Å². The van der Waals surface area contributed by atoms with Gasteiger partial charge >= 0.3 is 5.97 Å². The second-order valence-electron chi connectivity index (χ2n) is 4.36. The molecule has 1 aromatic rings. The van der Waals surface area contributed by atoms with Crippen molar-refractivity contribution in [2.45, 2.75) is 31.7 Å². The molecule has 1 unspecified atom stereocenters. The number of esters is 1. The van der Waals surface area contributed by atoms with Gasteiger partial charge in [-0.1, -0.05) is 17.7 Å². The van der Waals surface area contributed by atoms with Crippen molar-refractivity contribution in [2.75, 3.05) is 12.9 Å². The van der Waals surface area contributed by atoms with Crippen molar-refractivity contribution in [3.63, 3.8) is 0 Å². The van der Waals surface area contributed by atoms with Crippen molar-refractivity contribution < 1.29 is 14.3 Å². The summed E-state index contributed by atoms with van der Waals surface area (Å²) in [6.45, 7) is 5.45. The Morgan fingerprint density at radius 3 is 2.58 bits per heavy atom. The monoisotopic (exact) mass is 281 g/mol. The van der Waals surface area contributed by atoms with Crippen LogP contribution >= 0.6 is 11.8 Å². The minimum Gasteiger partial charge on any atom is -0.467 e. The summed E-state index contributed by atoms with van der Waals surface area (Å²) in [5.74, 6) is -0.208. The minimum absolute atomic E-state index is 0.239. The van der Waals surface area contributed by atoms with Crippen molar-refractivity contribution in [3.05, 3.63) is 29.3 Å². The largest absolute Gasteiger partial charge is 0.467 e. The van der Waals surface area contributed by atoms with Crippen molar-refractivity contribution in [1.82, 2.24) is 5.32 Å². The quantitative estimate of drug-likeness (QED) is 0.663. The fourth-order valence-electron chi connectivity index (χ4n) is 1.69. The lowest BCUT2D eigenvalue weighted by Gasteiger charge is -2.15. The molecule has 0 radical (unpaired) electrons. The first-order chi connectivity index (χ1) is 8.93. The Kier molecular flexibility index (Phi) is 5.89. The third-order valence-corrected chi connectivity index (χ3v) is 3.87. The molecule has 0 heterocycles. The molecule has 104 valence electrons. The van der Waals surface area contributed by atoms with Crippen molar-refractivity contribution in [3.8, 4) is 0 Å². The van der Waals surface area contributed by atoms with Crippen molar-refractivity contribution in [1.29, 1.82) is 0 Å². The first-order valence-corrected chi connectivity index (χ1v) is 6.97. The molecule has 0 aromatic heterocycles. The van der Waals surface area contributed by atoms with E-state index in [1.807, 2.05) is 26.0 Å². The van der Waals surface area contributed by atoms with Crippen LogP contribution in [0.5, 0.6) is 0 Å². The number of carbonyl (C=O) groups is 2. The number of rotatable bonds is 5. The van der Waals surface area contributed by atoms with E-state index in [1.165, 1.54) is 31.4 Å². The topological polar surface area (TPSA) is 55.4 Å². The smallest absolute Gasteiger partial charge is 0.329 e. The summed E-state index contributed by atoms with van der Waals surface area (Å²) in [7, 11) is 1.32. The maximum Gasteiger partial charge on any atom is 0.329 e. The molecule has 0 saturated heterocycles. The fraction of sp³-hybridized carbons (Fsp3) is 0.429. The molecule has 19 heavy (non-hydrogen) atoms. The van der Waals surface area contributed by atoms with E-state index in [4.69, 9.17) is 0 Å². The summed E-state index contributed by atoms with van der Waals surface area (Å²) in [5.41, 5.74) is 2.37. The SMILES string of the molecule is COC(=O)C(CSc1ccc(C)cc1C)NC(C)=O. The molecule has 1 amide bonds. The Balaban J connectivity index is 2.70. The van der Waals surface area contributed by atoms with Crippen LogP contribution in [0.3, 0.4) is 0 Å². The molecule has 1 atom stereocenters. The molecule has 0 aliphatic carbocycles. The van der Waals surface area contributed by atoms with E-state index in [2.05, 4.69) is 16.1 Å². The van der Waals surface area contributed by atoms with Gasteiger partial charge < -0.3 is 10.1 Å². The molecule has 1 aromatic carbocycles. The van der Waals surface area contributed by atoms with Crippen LogP contribution in [0.25, 0.3) is 0 Å². The number of benzene rings is 1. The molecular weight excluding hydrogens is 262 g/mol. The Morgan fingerprint density at radius 1 is 1.37 bits per heavy atom. The van der Waals surface area contributed by atoms with Gasteiger partial charge in [0.2, 0.25) is 5.91 Å². The molecule has 1 N–H and O–H groups in total. The summed E-state index contributed by atoms with van der Waals surface area (Å²) in [6, 6.07) is 5.53. The number of thioether (sulfide) groups is 1. The van der Waals surface area contributed by atoms with Crippen LogP contribution in [0, 0.1) is 13.8 Å². The highest BCUT2D eigenvalue weighted by atomic mass is 32.2. The lowest BCUT2D eigenvalue weighted by molar-refractivity contribution is -0.144. The van der Waals surface area contributed by atoms with E-state index < -0.39 is 12.0 Å². The van der Waals surface area contributed by atoms with Crippen LogP contribution in [0.4, 0.5) is 0 Å². The van der Waals surface area contributed by atoms with E-state index in [-0.39, 0.29) is 5.91 Å². The average Bonchev–Trinajstić information content (AvgIpc) is 2.34. The Labute approximate surface area is 117 Å². The van der Waals surface area contributed by atoms with Crippen LogP contribution in [0.2, 0.25) is 0 Å². The molecule has 0 bridgehead atoms. The molecule has 0 saturated carbocycles.